The van der Waals surface area contributed by atoms with Crippen LogP contribution in [0.5, 0.6) is 0 Å². The van der Waals surface area contributed by atoms with Crippen LogP contribution in [0.1, 0.15) is 97.3 Å². The molecule has 122 valence electrons. The molecule has 1 N–H and O–H groups in total. The first-order chi connectivity index (χ1) is 10.3. The molecule has 0 fully saturated rings. The first-order valence-electron chi connectivity index (χ1n) is 9.19. The number of hydrogen-bond acceptors (Lipinski definition) is 1. The molecule has 0 aromatic heterocycles. The summed E-state index contributed by atoms with van der Waals surface area (Å²) in [5, 5.41) is 7.58. The molecule has 0 aliphatic heterocycles. The minimum absolute atomic E-state index is 0.897. The van der Waals surface area contributed by atoms with Crippen molar-refractivity contribution in [2.45, 2.75) is 97.3 Å². The van der Waals surface area contributed by atoms with E-state index in [2.05, 4.69) is 38.2 Å². The third kappa shape index (κ3) is 17.1. The number of hydrogen-bond donors (Lipinski definition) is 1. The molecule has 0 aliphatic rings. The van der Waals surface area contributed by atoms with Gasteiger partial charge in [-0.25, -0.2) is 0 Å². The van der Waals surface area contributed by atoms with Crippen molar-refractivity contribution in [2.24, 2.45) is 0 Å². The summed E-state index contributed by atoms with van der Waals surface area (Å²) in [5.74, 6) is 0. The highest BCUT2D eigenvalue weighted by Crippen LogP contribution is 2.08. The fourth-order valence-electron chi connectivity index (χ4n) is 2.35. The predicted molar refractivity (Wildman–Crippen MR) is 97.4 cm³/mol. The molecule has 0 saturated carbocycles. The van der Waals surface area contributed by atoms with Gasteiger partial charge in [-0.3, -0.25) is 0 Å². The van der Waals surface area contributed by atoms with E-state index in [9.17, 15) is 0 Å². The smallest absolute Gasteiger partial charge is 0.00864 e. The van der Waals surface area contributed by atoms with E-state index in [-0.39, 0.29) is 0 Å². The first-order valence-corrected chi connectivity index (χ1v) is 9.19. The molecule has 0 atom stereocenters. The lowest BCUT2D eigenvalue weighted by atomic mass is 10.1. The molecule has 0 saturated heterocycles. The van der Waals surface area contributed by atoms with Crippen molar-refractivity contribution in [3.8, 4) is 0 Å². The Morgan fingerprint density at radius 2 is 1.24 bits per heavy atom. The van der Waals surface area contributed by atoms with E-state index >= 15 is 0 Å². The normalized spacial score (nSPS) is 11.7. The second kappa shape index (κ2) is 17.2. The summed E-state index contributed by atoms with van der Waals surface area (Å²) in [6.45, 7) is 4.34. The van der Waals surface area contributed by atoms with Gasteiger partial charge in [-0.2, -0.15) is 0 Å². The maximum atomic E-state index is 7.58. The van der Waals surface area contributed by atoms with E-state index in [1.807, 2.05) is 0 Å². The van der Waals surface area contributed by atoms with Crippen molar-refractivity contribution in [3.05, 3.63) is 24.3 Å². The van der Waals surface area contributed by atoms with Gasteiger partial charge in [0.25, 0.3) is 0 Å². The van der Waals surface area contributed by atoms with E-state index in [4.69, 9.17) is 5.41 Å². The van der Waals surface area contributed by atoms with Gasteiger partial charge in [0.1, 0.15) is 0 Å². The highest BCUT2D eigenvalue weighted by atomic mass is 14.4. The summed E-state index contributed by atoms with van der Waals surface area (Å²) in [5.41, 5.74) is 0.897. The fourth-order valence-corrected chi connectivity index (χ4v) is 2.35. The Kier molecular flexibility index (Phi) is 16.5. The van der Waals surface area contributed by atoms with E-state index in [0.29, 0.717) is 0 Å². The largest absolute Gasteiger partial charge is 0.310 e. The van der Waals surface area contributed by atoms with Crippen LogP contribution in [0.4, 0.5) is 0 Å². The van der Waals surface area contributed by atoms with Gasteiger partial charge in [-0.05, 0) is 44.9 Å². The monoisotopic (exact) mass is 291 g/mol. The molecule has 0 aromatic rings. The maximum Gasteiger partial charge on any atom is 0.00864 e. The summed E-state index contributed by atoms with van der Waals surface area (Å²) in [6, 6.07) is 0. The number of allylic oxidation sites excluding steroid dienone is 4. The third-order valence-corrected chi connectivity index (χ3v) is 3.88. The number of unbranched alkanes of at least 4 members (excludes halogenated alkanes) is 9. The fraction of sp³-hybridized carbons (Fsp3) is 0.750. The van der Waals surface area contributed by atoms with Crippen LogP contribution < -0.4 is 0 Å². The van der Waals surface area contributed by atoms with Crippen molar-refractivity contribution in [3.63, 3.8) is 0 Å². The highest BCUT2D eigenvalue weighted by Gasteiger charge is 1.92. The maximum absolute atomic E-state index is 7.58. The Hall–Kier alpha value is -0.850. The van der Waals surface area contributed by atoms with Gasteiger partial charge in [0, 0.05) is 5.71 Å². The molecule has 0 radical (unpaired) electrons. The second-order valence-corrected chi connectivity index (χ2v) is 5.97. The average Bonchev–Trinajstić information content (AvgIpc) is 2.50. The summed E-state index contributed by atoms with van der Waals surface area (Å²) in [4.78, 5) is 0. The van der Waals surface area contributed by atoms with Gasteiger partial charge in [0.15, 0.2) is 0 Å². The van der Waals surface area contributed by atoms with Gasteiger partial charge < -0.3 is 5.41 Å². The molecule has 0 bridgehead atoms. The summed E-state index contributed by atoms with van der Waals surface area (Å²) in [6.07, 6.45) is 25.3. The van der Waals surface area contributed by atoms with Gasteiger partial charge >= 0.3 is 0 Å². The molecular formula is C20H37N. The van der Waals surface area contributed by atoms with Crippen LogP contribution in [0, 0.1) is 5.41 Å². The van der Waals surface area contributed by atoms with Crippen molar-refractivity contribution in [2.75, 3.05) is 0 Å². The molecule has 0 aliphatic carbocycles. The molecule has 1 heteroatoms. The van der Waals surface area contributed by atoms with Gasteiger partial charge in [-0.1, -0.05) is 76.7 Å². The Labute approximate surface area is 133 Å². The van der Waals surface area contributed by atoms with Crippen molar-refractivity contribution >= 4 is 5.71 Å². The SMILES string of the molecule is CCCCCCCCC/C=C/C=C/CCCCC(=N)CC. The minimum atomic E-state index is 0.897. The number of nitrogens with one attached hydrogen (secondary N) is 1. The Morgan fingerprint density at radius 3 is 1.81 bits per heavy atom. The zero-order valence-corrected chi connectivity index (χ0v) is 14.5. The summed E-state index contributed by atoms with van der Waals surface area (Å²) < 4.78 is 0. The Bertz CT molecular complexity index is 276. The molecule has 0 aromatic carbocycles. The molecule has 0 heterocycles. The summed E-state index contributed by atoms with van der Waals surface area (Å²) >= 11 is 0. The lowest BCUT2D eigenvalue weighted by molar-refractivity contribution is 0.592. The molecule has 0 unspecified atom stereocenters. The van der Waals surface area contributed by atoms with Crippen LogP contribution in [-0.2, 0) is 0 Å². The standard InChI is InChI=1S/C20H37N/c1-3-5-6-7-8-9-10-11-12-13-14-15-16-17-18-19-20(21)4-2/h12-15,21H,3-11,16-19H2,1-2H3/b13-12+,15-14+,21-20?. The molecule has 0 spiro atoms. The van der Waals surface area contributed by atoms with Crippen LogP contribution in [0.15, 0.2) is 24.3 Å². The van der Waals surface area contributed by atoms with Gasteiger partial charge in [-0.15, -0.1) is 0 Å². The summed E-state index contributed by atoms with van der Waals surface area (Å²) in [7, 11) is 0. The average molecular weight is 292 g/mol. The van der Waals surface area contributed by atoms with E-state index in [1.54, 1.807) is 0 Å². The van der Waals surface area contributed by atoms with E-state index in [1.165, 1.54) is 64.2 Å². The van der Waals surface area contributed by atoms with Crippen LogP contribution in [0.25, 0.3) is 0 Å². The zero-order valence-electron chi connectivity index (χ0n) is 14.5. The molecule has 1 nitrogen and oxygen atoms in total. The van der Waals surface area contributed by atoms with Crippen LogP contribution >= 0.6 is 0 Å². The molecular weight excluding hydrogens is 254 g/mol. The highest BCUT2D eigenvalue weighted by molar-refractivity contribution is 5.80. The topological polar surface area (TPSA) is 23.9 Å². The van der Waals surface area contributed by atoms with Crippen LogP contribution in [0.2, 0.25) is 0 Å². The van der Waals surface area contributed by atoms with E-state index < -0.39 is 0 Å². The molecule has 0 rings (SSSR count). The quantitative estimate of drug-likeness (QED) is 0.187. The van der Waals surface area contributed by atoms with Crippen molar-refractivity contribution in [1.29, 1.82) is 5.41 Å². The molecule has 0 amide bonds. The predicted octanol–water partition coefficient (Wildman–Crippen LogP) is 7.23. The van der Waals surface area contributed by atoms with Crippen LogP contribution in [-0.4, -0.2) is 5.71 Å². The Morgan fingerprint density at radius 1 is 0.714 bits per heavy atom. The van der Waals surface area contributed by atoms with Crippen molar-refractivity contribution < 1.29 is 0 Å². The van der Waals surface area contributed by atoms with Gasteiger partial charge in [0.05, 0.1) is 0 Å². The van der Waals surface area contributed by atoms with E-state index in [0.717, 1.165) is 25.0 Å². The third-order valence-electron chi connectivity index (χ3n) is 3.88. The van der Waals surface area contributed by atoms with Crippen LogP contribution in [0.3, 0.4) is 0 Å². The minimum Gasteiger partial charge on any atom is -0.310 e. The lowest BCUT2D eigenvalue weighted by Gasteiger charge is -1.98. The Balaban J connectivity index is 3.24. The second-order valence-electron chi connectivity index (χ2n) is 5.97. The first kappa shape index (κ1) is 20.1. The lowest BCUT2D eigenvalue weighted by Crippen LogP contribution is -1.92. The van der Waals surface area contributed by atoms with Gasteiger partial charge in [0.2, 0.25) is 0 Å². The zero-order chi connectivity index (χ0) is 15.6. The number of rotatable bonds is 15. The van der Waals surface area contributed by atoms with Crippen molar-refractivity contribution in [1.82, 2.24) is 0 Å². The molecule has 21 heavy (non-hydrogen) atoms.